The molecule has 0 bridgehead atoms. The van der Waals surface area contributed by atoms with Gasteiger partial charge >= 0.3 is 0 Å². The molecule has 0 aliphatic heterocycles. The molecule has 4 rings (SSSR count). The van der Waals surface area contributed by atoms with Crippen molar-refractivity contribution in [1.82, 2.24) is 29.4 Å². The van der Waals surface area contributed by atoms with Crippen molar-refractivity contribution < 1.29 is 0 Å². The number of para-hydroxylation sites is 1. The summed E-state index contributed by atoms with van der Waals surface area (Å²) in [5, 5.41) is 13.7. The molecule has 0 fully saturated rings. The van der Waals surface area contributed by atoms with Crippen LogP contribution in [0.4, 0.5) is 0 Å². The molecule has 98 valence electrons. The lowest BCUT2D eigenvalue weighted by molar-refractivity contribution is 0.869. The maximum absolute atomic E-state index is 4.66. The minimum absolute atomic E-state index is 0.798. The van der Waals surface area contributed by atoms with Crippen molar-refractivity contribution in [3.8, 4) is 5.69 Å². The Morgan fingerprint density at radius 2 is 1.80 bits per heavy atom. The second-order valence-electron chi connectivity index (χ2n) is 4.71. The molecular formula is C14H12N6. The number of aromatic nitrogens is 6. The van der Waals surface area contributed by atoms with E-state index in [4.69, 9.17) is 0 Å². The van der Waals surface area contributed by atoms with Crippen molar-refractivity contribution in [3.63, 3.8) is 0 Å². The van der Waals surface area contributed by atoms with Gasteiger partial charge in [0.25, 0.3) is 0 Å². The van der Waals surface area contributed by atoms with E-state index in [0.29, 0.717) is 0 Å². The van der Waals surface area contributed by atoms with Gasteiger partial charge in [0.2, 0.25) is 0 Å². The van der Waals surface area contributed by atoms with Crippen LogP contribution in [0.25, 0.3) is 22.4 Å². The highest BCUT2D eigenvalue weighted by atomic mass is 15.3. The first-order valence-corrected chi connectivity index (χ1v) is 6.37. The summed E-state index contributed by atoms with van der Waals surface area (Å²) in [6.07, 6.45) is 1.68. The predicted molar refractivity (Wildman–Crippen MR) is 74.9 cm³/mol. The van der Waals surface area contributed by atoms with Gasteiger partial charge < -0.3 is 0 Å². The molecule has 0 amide bonds. The minimum atomic E-state index is 0.798. The second-order valence-corrected chi connectivity index (χ2v) is 4.71. The molecule has 0 spiro atoms. The van der Waals surface area contributed by atoms with E-state index < -0.39 is 0 Å². The zero-order chi connectivity index (χ0) is 13.7. The van der Waals surface area contributed by atoms with Crippen LogP contribution in [0.15, 0.2) is 36.7 Å². The molecule has 0 unspecified atom stereocenters. The van der Waals surface area contributed by atoms with Crippen molar-refractivity contribution >= 4 is 16.7 Å². The molecule has 20 heavy (non-hydrogen) atoms. The van der Waals surface area contributed by atoms with E-state index in [-0.39, 0.29) is 0 Å². The van der Waals surface area contributed by atoms with Crippen LogP contribution >= 0.6 is 0 Å². The largest absolute Gasteiger partial charge is 0.269 e. The van der Waals surface area contributed by atoms with Crippen LogP contribution in [-0.4, -0.2) is 29.4 Å². The van der Waals surface area contributed by atoms with Gasteiger partial charge in [0, 0.05) is 0 Å². The Morgan fingerprint density at radius 3 is 2.60 bits per heavy atom. The lowest BCUT2D eigenvalue weighted by atomic mass is 10.3. The molecule has 3 heterocycles. The van der Waals surface area contributed by atoms with E-state index in [9.17, 15) is 0 Å². The molecule has 4 aromatic rings. The number of aryl methyl sites for hydroxylation is 2. The summed E-state index contributed by atoms with van der Waals surface area (Å²) in [4.78, 5) is 4.66. The fourth-order valence-electron chi connectivity index (χ4n) is 2.48. The second kappa shape index (κ2) is 3.86. The average Bonchev–Trinajstić information content (AvgIpc) is 3.05. The van der Waals surface area contributed by atoms with E-state index >= 15 is 0 Å². The SMILES string of the molecule is Cc1nn(-c2ccccc2)c2nc(C)n3cnnc3c12. The normalized spacial score (nSPS) is 11.5. The molecule has 0 atom stereocenters. The summed E-state index contributed by atoms with van der Waals surface area (Å²) in [7, 11) is 0. The highest BCUT2D eigenvalue weighted by molar-refractivity contribution is 5.92. The van der Waals surface area contributed by atoms with Gasteiger partial charge in [-0.2, -0.15) is 5.10 Å². The molecule has 0 saturated carbocycles. The summed E-state index contributed by atoms with van der Waals surface area (Å²) in [6.45, 7) is 3.90. The zero-order valence-electron chi connectivity index (χ0n) is 11.1. The standard InChI is InChI=1S/C14H12N6/c1-9-12-13(16-10(2)19-8-15-17-14(12)19)20(18-9)11-6-4-3-5-7-11/h3-8H,1-2H3. The molecule has 6 heteroatoms. The van der Waals surface area contributed by atoms with Gasteiger partial charge in [-0.1, -0.05) is 18.2 Å². The van der Waals surface area contributed by atoms with E-state index in [1.54, 1.807) is 6.33 Å². The summed E-state index contributed by atoms with van der Waals surface area (Å²) in [5.41, 5.74) is 3.49. The van der Waals surface area contributed by atoms with Gasteiger partial charge in [-0.3, -0.25) is 4.40 Å². The monoisotopic (exact) mass is 264 g/mol. The minimum Gasteiger partial charge on any atom is -0.269 e. The third-order valence-corrected chi connectivity index (χ3v) is 3.42. The summed E-state index contributed by atoms with van der Waals surface area (Å²) >= 11 is 0. The third kappa shape index (κ3) is 1.38. The molecule has 0 aliphatic carbocycles. The van der Waals surface area contributed by atoms with E-state index in [1.165, 1.54) is 0 Å². The van der Waals surface area contributed by atoms with Gasteiger partial charge in [-0.05, 0) is 26.0 Å². The summed E-state index contributed by atoms with van der Waals surface area (Å²) in [5.74, 6) is 0.842. The van der Waals surface area contributed by atoms with E-state index in [2.05, 4.69) is 20.3 Å². The van der Waals surface area contributed by atoms with Crippen molar-refractivity contribution in [2.24, 2.45) is 0 Å². The first-order chi connectivity index (χ1) is 9.75. The van der Waals surface area contributed by atoms with Crippen molar-refractivity contribution in [3.05, 3.63) is 48.2 Å². The fraction of sp³-hybridized carbons (Fsp3) is 0.143. The van der Waals surface area contributed by atoms with Crippen LogP contribution in [0.2, 0.25) is 0 Å². The predicted octanol–water partition coefficient (Wildman–Crippen LogP) is 2.08. The number of benzene rings is 1. The lowest BCUT2D eigenvalue weighted by Crippen LogP contribution is -2.01. The molecular weight excluding hydrogens is 252 g/mol. The Balaban J connectivity index is 2.17. The number of nitrogens with zero attached hydrogens (tertiary/aromatic N) is 6. The van der Waals surface area contributed by atoms with E-state index in [1.807, 2.05) is 53.3 Å². The zero-order valence-corrected chi connectivity index (χ0v) is 11.1. The van der Waals surface area contributed by atoms with Crippen molar-refractivity contribution in [1.29, 1.82) is 0 Å². The number of hydrogen-bond acceptors (Lipinski definition) is 4. The molecule has 1 aromatic carbocycles. The Kier molecular flexibility index (Phi) is 2.14. The molecule has 0 N–H and O–H groups in total. The Labute approximate surface area is 114 Å². The fourth-order valence-corrected chi connectivity index (χ4v) is 2.48. The summed E-state index contributed by atoms with van der Waals surface area (Å²) in [6, 6.07) is 9.98. The van der Waals surface area contributed by atoms with Gasteiger partial charge in [0.1, 0.15) is 12.2 Å². The Hall–Kier alpha value is -2.76. The molecule has 0 radical (unpaired) electrons. The number of hydrogen-bond donors (Lipinski definition) is 0. The van der Waals surface area contributed by atoms with E-state index in [0.717, 1.165) is 33.9 Å². The Bertz CT molecular complexity index is 919. The molecule has 3 aromatic heterocycles. The topological polar surface area (TPSA) is 60.9 Å². The smallest absolute Gasteiger partial charge is 0.175 e. The van der Waals surface area contributed by atoms with Crippen LogP contribution < -0.4 is 0 Å². The number of rotatable bonds is 1. The third-order valence-electron chi connectivity index (χ3n) is 3.42. The van der Waals surface area contributed by atoms with Crippen LogP contribution in [-0.2, 0) is 0 Å². The van der Waals surface area contributed by atoms with Gasteiger partial charge in [0.15, 0.2) is 11.3 Å². The van der Waals surface area contributed by atoms with Gasteiger partial charge in [-0.15, -0.1) is 10.2 Å². The summed E-state index contributed by atoms with van der Waals surface area (Å²) < 4.78 is 3.73. The molecule has 6 nitrogen and oxygen atoms in total. The highest BCUT2D eigenvalue weighted by Crippen LogP contribution is 2.23. The van der Waals surface area contributed by atoms with Crippen molar-refractivity contribution in [2.45, 2.75) is 13.8 Å². The van der Waals surface area contributed by atoms with Crippen LogP contribution in [0.3, 0.4) is 0 Å². The van der Waals surface area contributed by atoms with Crippen LogP contribution in [0, 0.1) is 13.8 Å². The van der Waals surface area contributed by atoms with Crippen molar-refractivity contribution in [2.75, 3.05) is 0 Å². The maximum atomic E-state index is 4.66. The average molecular weight is 264 g/mol. The number of fused-ring (bicyclic) bond motifs is 3. The first-order valence-electron chi connectivity index (χ1n) is 6.37. The van der Waals surface area contributed by atoms with Crippen LogP contribution in [0.5, 0.6) is 0 Å². The maximum Gasteiger partial charge on any atom is 0.175 e. The van der Waals surface area contributed by atoms with Crippen LogP contribution in [0.1, 0.15) is 11.5 Å². The van der Waals surface area contributed by atoms with Gasteiger partial charge in [-0.25, -0.2) is 9.67 Å². The first kappa shape index (κ1) is 11.1. The molecule has 0 saturated heterocycles. The Morgan fingerprint density at radius 1 is 1.00 bits per heavy atom. The lowest BCUT2D eigenvalue weighted by Gasteiger charge is -2.04. The quantitative estimate of drug-likeness (QED) is 0.528. The highest BCUT2D eigenvalue weighted by Gasteiger charge is 2.16. The van der Waals surface area contributed by atoms with Gasteiger partial charge in [0.05, 0.1) is 16.8 Å². The molecule has 0 aliphatic rings.